The van der Waals surface area contributed by atoms with E-state index >= 15 is 0 Å². The smallest absolute Gasteiger partial charge is 0.261 e. The Bertz CT molecular complexity index is 1420. The lowest BCUT2D eigenvalue weighted by atomic mass is 10.2. The summed E-state index contributed by atoms with van der Waals surface area (Å²) in [6.45, 7) is 3.86. The van der Waals surface area contributed by atoms with Crippen LogP contribution in [0, 0.1) is 13.8 Å². The Balaban J connectivity index is 1.52. The number of hydrogen-bond acceptors (Lipinski definition) is 6. The van der Waals surface area contributed by atoms with Gasteiger partial charge in [-0.1, -0.05) is 70.5 Å². The molecule has 1 heterocycles. The summed E-state index contributed by atoms with van der Waals surface area (Å²) >= 11 is 7.43. The van der Waals surface area contributed by atoms with E-state index in [1.54, 1.807) is 12.1 Å². The van der Waals surface area contributed by atoms with Crippen molar-refractivity contribution in [3.8, 4) is 10.6 Å². The average Bonchev–Trinajstić information content (AvgIpc) is 3.24. The molecule has 0 unspecified atom stereocenters. The first-order chi connectivity index (χ1) is 15.7. The van der Waals surface area contributed by atoms with Gasteiger partial charge in [-0.3, -0.25) is 14.8 Å². The molecule has 2 N–H and O–H groups in total. The zero-order valence-corrected chi connectivity index (χ0v) is 20.1. The van der Waals surface area contributed by atoms with E-state index in [2.05, 4.69) is 20.2 Å². The summed E-state index contributed by atoms with van der Waals surface area (Å²) < 4.78 is 27.8. The molecule has 0 saturated carbocycles. The summed E-state index contributed by atoms with van der Waals surface area (Å²) in [6.07, 6.45) is 0. The number of benzene rings is 3. The Morgan fingerprint density at radius 1 is 0.909 bits per heavy atom. The quantitative estimate of drug-likeness (QED) is 0.364. The zero-order valence-electron chi connectivity index (χ0n) is 17.7. The van der Waals surface area contributed by atoms with E-state index in [9.17, 15) is 13.2 Å². The molecular weight excluding hydrogens is 480 g/mol. The molecule has 7 nitrogen and oxygen atoms in total. The van der Waals surface area contributed by atoms with Crippen molar-refractivity contribution in [1.29, 1.82) is 0 Å². The molecule has 1 amide bonds. The van der Waals surface area contributed by atoms with Crippen LogP contribution in [-0.4, -0.2) is 24.5 Å². The molecule has 4 rings (SSSR count). The van der Waals surface area contributed by atoms with Gasteiger partial charge in [0.1, 0.15) is 5.01 Å². The zero-order chi connectivity index (χ0) is 23.6. The minimum atomic E-state index is -3.82. The molecule has 0 spiro atoms. The minimum Gasteiger partial charge on any atom is -0.296 e. The molecule has 0 aliphatic carbocycles. The van der Waals surface area contributed by atoms with Gasteiger partial charge in [0, 0.05) is 11.3 Å². The summed E-state index contributed by atoms with van der Waals surface area (Å²) in [4.78, 5) is 12.9. The van der Waals surface area contributed by atoms with Gasteiger partial charge in [-0.25, -0.2) is 8.42 Å². The summed E-state index contributed by atoms with van der Waals surface area (Å²) in [5.41, 5.74) is 3.28. The number of carbonyl (C=O) groups is 1. The molecule has 0 aliphatic heterocycles. The van der Waals surface area contributed by atoms with E-state index in [0.29, 0.717) is 10.1 Å². The molecule has 168 valence electrons. The summed E-state index contributed by atoms with van der Waals surface area (Å²) in [7, 11) is -3.82. The van der Waals surface area contributed by atoms with Crippen molar-refractivity contribution in [3.63, 3.8) is 0 Å². The van der Waals surface area contributed by atoms with Crippen LogP contribution in [0.3, 0.4) is 0 Å². The number of anilines is 2. The molecule has 1 aromatic heterocycles. The van der Waals surface area contributed by atoms with Gasteiger partial charge < -0.3 is 0 Å². The third-order valence-electron chi connectivity index (χ3n) is 4.74. The first-order valence-electron chi connectivity index (χ1n) is 9.82. The average molecular weight is 499 g/mol. The number of sulfonamides is 1. The van der Waals surface area contributed by atoms with Crippen molar-refractivity contribution < 1.29 is 13.2 Å². The molecule has 0 radical (unpaired) electrons. The molecule has 0 aliphatic rings. The van der Waals surface area contributed by atoms with E-state index < -0.39 is 15.9 Å². The third kappa shape index (κ3) is 5.39. The molecule has 0 fully saturated rings. The SMILES string of the molecule is Cc1ccc(-c2nnc(NC(=O)c3cc(NS(=O)(=O)c4ccc(C)cc4)ccc3Cl)s2)cc1. The highest BCUT2D eigenvalue weighted by Gasteiger charge is 2.18. The van der Waals surface area contributed by atoms with Crippen LogP contribution >= 0.6 is 22.9 Å². The van der Waals surface area contributed by atoms with Crippen molar-refractivity contribution in [1.82, 2.24) is 10.2 Å². The van der Waals surface area contributed by atoms with Gasteiger partial charge in [0.2, 0.25) is 5.13 Å². The lowest BCUT2D eigenvalue weighted by molar-refractivity contribution is 0.102. The third-order valence-corrected chi connectivity index (χ3v) is 7.35. The monoisotopic (exact) mass is 498 g/mol. The maximum absolute atomic E-state index is 12.8. The highest BCUT2D eigenvalue weighted by molar-refractivity contribution is 7.92. The van der Waals surface area contributed by atoms with E-state index in [-0.39, 0.29) is 21.2 Å². The van der Waals surface area contributed by atoms with Crippen LogP contribution in [0.15, 0.2) is 71.6 Å². The number of nitrogens with zero attached hydrogens (tertiary/aromatic N) is 2. The normalized spacial score (nSPS) is 11.2. The maximum atomic E-state index is 12.8. The largest absolute Gasteiger partial charge is 0.296 e. The van der Waals surface area contributed by atoms with Gasteiger partial charge in [-0.05, 0) is 44.2 Å². The van der Waals surface area contributed by atoms with Gasteiger partial charge in [0.15, 0.2) is 0 Å². The maximum Gasteiger partial charge on any atom is 0.261 e. The second-order valence-electron chi connectivity index (χ2n) is 7.35. The number of rotatable bonds is 6. The van der Waals surface area contributed by atoms with E-state index in [1.807, 2.05) is 38.1 Å². The van der Waals surface area contributed by atoms with E-state index in [1.165, 1.54) is 41.7 Å². The number of aromatic nitrogens is 2. The van der Waals surface area contributed by atoms with Crippen LogP contribution in [0.1, 0.15) is 21.5 Å². The van der Waals surface area contributed by atoms with Crippen LogP contribution < -0.4 is 10.0 Å². The van der Waals surface area contributed by atoms with Crippen molar-refractivity contribution in [3.05, 3.63) is 88.4 Å². The fourth-order valence-corrected chi connectivity index (χ4v) is 4.94. The summed E-state index contributed by atoms with van der Waals surface area (Å²) in [5.74, 6) is -0.525. The first kappa shape index (κ1) is 22.9. The molecule has 4 aromatic rings. The number of halogens is 1. The Morgan fingerprint density at radius 2 is 1.55 bits per heavy atom. The predicted octanol–water partition coefficient (Wildman–Crippen LogP) is 5.53. The van der Waals surface area contributed by atoms with Gasteiger partial charge >= 0.3 is 0 Å². The van der Waals surface area contributed by atoms with E-state index in [0.717, 1.165) is 16.7 Å². The topological polar surface area (TPSA) is 101 Å². The second kappa shape index (κ2) is 9.30. The predicted molar refractivity (Wildman–Crippen MR) is 131 cm³/mol. The van der Waals surface area contributed by atoms with Crippen molar-refractivity contribution in [2.75, 3.05) is 10.0 Å². The number of carbonyl (C=O) groups excluding carboxylic acids is 1. The fraction of sp³-hybridized carbons (Fsp3) is 0.0870. The number of nitrogens with one attached hydrogen (secondary N) is 2. The number of aryl methyl sites for hydroxylation is 2. The highest BCUT2D eigenvalue weighted by Crippen LogP contribution is 2.28. The Hall–Kier alpha value is -3.27. The van der Waals surface area contributed by atoms with Gasteiger partial charge in [0.05, 0.1) is 15.5 Å². The summed E-state index contributed by atoms with van der Waals surface area (Å²) in [5, 5.41) is 12.0. The molecule has 33 heavy (non-hydrogen) atoms. The van der Waals surface area contributed by atoms with Crippen molar-refractivity contribution >= 4 is 49.7 Å². The lowest BCUT2D eigenvalue weighted by Gasteiger charge is -2.11. The molecule has 0 atom stereocenters. The van der Waals surface area contributed by atoms with Gasteiger partial charge in [-0.2, -0.15) is 0 Å². The standard InChI is InChI=1S/C23H19ClN4O3S2/c1-14-3-7-16(8-4-14)22-26-27-23(32-22)25-21(29)19-13-17(9-12-20(19)24)28-33(30,31)18-10-5-15(2)6-11-18/h3-13,28H,1-2H3,(H,25,27,29). The second-order valence-corrected chi connectivity index (χ2v) is 10.4. The highest BCUT2D eigenvalue weighted by atomic mass is 35.5. The van der Waals surface area contributed by atoms with E-state index in [4.69, 9.17) is 11.6 Å². The number of amides is 1. The van der Waals surface area contributed by atoms with Crippen molar-refractivity contribution in [2.24, 2.45) is 0 Å². The first-order valence-corrected chi connectivity index (χ1v) is 12.5. The Kier molecular flexibility index (Phi) is 6.46. The molecular formula is C23H19ClN4O3S2. The van der Waals surface area contributed by atoms with Crippen LogP contribution in [0.2, 0.25) is 5.02 Å². The number of hydrogen-bond donors (Lipinski definition) is 2. The van der Waals surface area contributed by atoms with Crippen LogP contribution in [-0.2, 0) is 10.0 Å². The molecule has 0 bridgehead atoms. The van der Waals surface area contributed by atoms with Gasteiger partial charge in [-0.15, -0.1) is 10.2 Å². The fourth-order valence-electron chi connectivity index (χ4n) is 2.95. The van der Waals surface area contributed by atoms with Crippen molar-refractivity contribution in [2.45, 2.75) is 18.7 Å². The van der Waals surface area contributed by atoms with Crippen LogP contribution in [0.4, 0.5) is 10.8 Å². The van der Waals surface area contributed by atoms with Crippen LogP contribution in [0.25, 0.3) is 10.6 Å². The molecule has 10 heteroatoms. The Morgan fingerprint density at radius 3 is 2.21 bits per heavy atom. The lowest BCUT2D eigenvalue weighted by Crippen LogP contribution is -2.15. The summed E-state index contributed by atoms with van der Waals surface area (Å²) in [6, 6.07) is 18.6. The Labute approximate surface area is 200 Å². The molecule has 3 aromatic carbocycles. The van der Waals surface area contributed by atoms with Crippen LogP contribution in [0.5, 0.6) is 0 Å². The molecule has 0 saturated heterocycles. The van der Waals surface area contributed by atoms with Gasteiger partial charge in [0.25, 0.3) is 15.9 Å². The minimum absolute atomic E-state index is 0.104.